The van der Waals surface area contributed by atoms with Crippen molar-refractivity contribution in [2.24, 2.45) is 0 Å². The fourth-order valence-corrected chi connectivity index (χ4v) is 5.09. The topological polar surface area (TPSA) is 63.4 Å². The highest BCUT2D eigenvalue weighted by atomic mass is 79.9. The van der Waals surface area contributed by atoms with Gasteiger partial charge in [0.05, 0.1) is 4.47 Å². The molecule has 1 aliphatic heterocycles. The minimum Gasteiger partial charge on any atom is -0.399 e. The van der Waals surface area contributed by atoms with Crippen LogP contribution in [0, 0.1) is 5.82 Å². The van der Waals surface area contributed by atoms with Gasteiger partial charge in [0.15, 0.2) is 5.82 Å². The number of anilines is 1. The lowest BCUT2D eigenvalue weighted by atomic mass is 10.3. The number of hydrogen-bond acceptors (Lipinski definition) is 4. The van der Waals surface area contributed by atoms with Crippen molar-refractivity contribution in [3.8, 4) is 0 Å². The Bertz CT molecular complexity index is 572. The third-order valence-corrected chi connectivity index (χ3v) is 6.34. The molecular weight excluding hydrogens is 355 g/mol. The van der Waals surface area contributed by atoms with Gasteiger partial charge in [-0.05, 0) is 40.2 Å². The Morgan fingerprint density at radius 3 is 2.79 bits per heavy atom. The summed E-state index contributed by atoms with van der Waals surface area (Å²) in [6, 6.07) is 2.53. The second-order valence-electron chi connectivity index (χ2n) is 4.18. The normalized spacial score (nSPS) is 18.2. The second-order valence-corrected chi connectivity index (χ2v) is 8.17. The summed E-state index contributed by atoms with van der Waals surface area (Å²) in [5.74, 6) is 0.866. The van der Waals surface area contributed by atoms with E-state index in [1.807, 2.05) is 0 Å². The molecule has 0 amide bonds. The first kappa shape index (κ1) is 15.1. The maximum atomic E-state index is 14.0. The fraction of sp³-hybridized carbons (Fsp3) is 0.455. The van der Waals surface area contributed by atoms with Gasteiger partial charge in [-0.3, -0.25) is 0 Å². The first-order valence-electron chi connectivity index (χ1n) is 5.75. The van der Waals surface area contributed by atoms with Crippen molar-refractivity contribution >= 4 is 43.4 Å². The summed E-state index contributed by atoms with van der Waals surface area (Å²) in [6.07, 6.45) is 0.773. The predicted octanol–water partition coefficient (Wildman–Crippen LogP) is 2.30. The van der Waals surface area contributed by atoms with Crippen LogP contribution in [0.25, 0.3) is 0 Å². The van der Waals surface area contributed by atoms with Crippen LogP contribution in [-0.4, -0.2) is 37.3 Å². The molecule has 0 radical (unpaired) electrons. The quantitative estimate of drug-likeness (QED) is 0.813. The van der Waals surface area contributed by atoms with Crippen LogP contribution in [0.3, 0.4) is 0 Å². The van der Waals surface area contributed by atoms with Crippen molar-refractivity contribution in [1.82, 2.24) is 4.31 Å². The predicted molar refractivity (Wildman–Crippen MR) is 79.2 cm³/mol. The summed E-state index contributed by atoms with van der Waals surface area (Å²) in [5.41, 5.74) is 5.82. The van der Waals surface area contributed by atoms with Gasteiger partial charge < -0.3 is 5.73 Å². The minimum absolute atomic E-state index is 0.0651. The van der Waals surface area contributed by atoms with Gasteiger partial charge in [0.25, 0.3) is 0 Å². The maximum absolute atomic E-state index is 14.0. The Balaban J connectivity index is 2.44. The highest BCUT2D eigenvalue weighted by Crippen LogP contribution is 2.29. The van der Waals surface area contributed by atoms with Crippen molar-refractivity contribution in [3.63, 3.8) is 0 Å². The zero-order valence-corrected chi connectivity index (χ0v) is 13.3. The molecule has 1 aliphatic rings. The van der Waals surface area contributed by atoms with Crippen LogP contribution >= 0.6 is 27.7 Å². The number of sulfonamides is 1. The zero-order chi connectivity index (χ0) is 14.0. The SMILES string of the molecule is Nc1cc(Br)c(F)c(S(=O)(=O)N2CCCSCC2)c1. The molecule has 1 fully saturated rings. The van der Waals surface area contributed by atoms with Crippen molar-refractivity contribution in [2.45, 2.75) is 11.3 Å². The summed E-state index contributed by atoms with van der Waals surface area (Å²) in [6.45, 7) is 0.819. The van der Waals surface area contributed by atoms with Gasteiger partial charge in [-0.25, -0.2) is 12.8 Å². The van der Waals surface area contributed by atoms with E-state index in [1.54, 1.807) is 11.8 Å². The van der Waals surface area contributed by atoms with Crippen LogP contribution in [0.2, 0.25) is 0 Å². The molecule has 8 heteroatoms. The van der Waals surface area contributed by atoms with Crippen molar-refractivity contribution in [3.05, 3.63) is 22.4 Å². The van der Waals surface area contributed by atoms with Gasteiger partial charge in [-0.2, -0.15) is 16.1 Å². The van der Waals surface area contributed by atoms with Gasteiger partial charge in [-0.1, -0.05) is 0 Å². The summed E-state index contributed by atoms with van der Waals surface area (Å²) >= 11 is 4.69. The Kier molecular flexibility index (Phi) is 4.75. The van der Waals surface area contributed by atoms with Crippen LogP contribution in [0.5, 0.6) is 0 Å². The first-order valence-corrected chi connectivity index (χ1v) is 9.14. The van der Waals surface area contributed by atoms with Gasteiger partial charge in [-0.15, -0.1) is 0 Å². The van der Waals surface area contributed by atoms with Crippen LogP contribution in [0.15, 0.2) is 21.5 Å². The number of nitrogen functional groups attached to an aromatic ring is 1. The zero-order valence-electron chi connectivity index (χ0n) is 10.1. The average molecular weight is 369 g/mol. The third-order valence-electron chi connectivity index (χ3n) is 2.82. The number of halogens is 2. The summed E-state index contributed by atoms with van der Waals surface area (Å²) in [5, 5.41) is 0. The third kappa shape index (κ3) is 3.24. The van der Waals surface area contributed by atoms with Gasteiger partial charge in [0.1, 0.15) is 4.90 Å². The van der Waals surface area contributed by atoms with Gasteiger partial charge in [0, 0.05) is 24.5 Å². The number of nitrogens with two attached hydrogens (primary N) is 1. The molecule has 0 saturated carbocycles. The highest BCUT2D eigenvalue weighted by Gasteiger charge is 2.29. The number of hydrogen-bond donors (Lipinski definition) is 1. The smallest absolute Gasteiger partial charge is 0.246 e. The molecule has 106 valence electrons. The molecule has 0 aliphatic carbocycles. The molecule has 1 saturated heterocycles. The van der Waals surface area contributed by atoms with E-state index >= 15 is 0 Å². The molecule has 1 aromatic carbocycles. The van der Waals surface area contributed by atoms with Crippen LogP contribution in [-0.2, 0) is 10.0 Å². The summed E-state index contributed by atoms with van der Waals surface area (Å²) < 4.78 is 40.3. The number of rotatable bonds is 2. The molecule has 4 nitrogen and oxygen atoms in total. The molecule has 2 rings (SSSR count). The molecule has 0 aromatic heterocycles. The highest BCUT2D eigenvalue weighted by molar-refractivity contribution is 9.10. The van der Waals surface area contributed by atoms with E-state index in [1.165, 1.54) is 16.4 Å². The van der Waals surface area contributed by atoms with Crippen molar-refractivity contribution in [2.75, 3.05) is 30.3 Å². The van der Waals surface area contributed by atoms with Gasteiger partial charge >= 0.3 is 0 Å². The molecule has 0 spiro atoms. The molecule has 2 N–H and O–H groups in total. The molecule has 1 heterocycles. The number of nitrogens with zero attached hydrogens (tertiary/aromatic N) is 1. The molecule has 1 aromatic rings. The molecule has 19 heavy (non-hydrogen) atoms. The largest absolute Gasteiger partial charge is 0.399 e. The van der Waals surface area contributed by atoms with Crippen LogP contribution in [0.1, 0.15) is 6.42 Å². The fourth-order valence-electron chi connectivity index (χ4n) is 1.87. The van der Waals surface area contributed by atoms with Crippen molar-refractivity contribution < 1.29 is 12.8 Å². The van der Waals surface area contributed by atoms with E-state index in [0.29, 0.717) is 13.1 Å². The lowest BCUT2D eigenvalue weighted by molar-refractivity contribution is 0.430. The minimum atomic E-state index is -3.83. The summed E-state index contributed by atoms with van der Waals surface area (Å²) in [7, 11) is -3.83. The standard InChI is InChI=1S/C11H14BrFN2O2S2/c12-9-6-8(14)7-10(11(9)13)19(16,17)15-2-1-4-18-5-3-15/h6-7H,1-5,14H2. The average Bonchev–Trinajstić information content (AvgIpc) is 2.62. The van der Waals surface area contributed by atoms with Crippen LogP contribution < -0.4 is 5.73 Å². The first-order chi connectivity index (χ1) is 8.93. The Morgan fingerprint density at radius 2 is 2.05 bits per heavy atom. The van der Waals surface area contributed by atoms with Crippen LogP contribution in [0.4, 0.5) is 10.1 Å². The number of benzene rings is 1. The van der Waals surface area contributed by atoms with E-state index < -0.39 is 15.8 Å². The molecular formula is C11H14BrFN2O2S2. The lowest BCUT2D eigenvalue weighted by Crippen LogP contribution is -2.33. The Morgan fingerprint density at radius 1 is 1.32 bits per heavy atom. The maximum Gasteiger partial charge on any atom is 0.246 e. The molecule has 0 bridgehead atoms. The monoisotopic (exact) mass is 368 g/mol. The van der Waals surface area contributed by atoms with E-state index in [4.69, 9.17) is 5.73 Å². The van der Waals surface area contributed by atoms with Crippen molar-refractivity contribution in [1.29, 1.82) is 0 Å². The van der Waals surface area contributed by atoms with E-state index in [2.05, 4.69) is 15.9 Å². The van der Waals surface area contributed by atoms with E-state index in [0.717, 1.165) is 17.9 Å². The summed E-state index contributed by atoms with van der Waals surface area (Å²) in [4.78, 5) is -0.355. The Hall–Kier alpha value is -0.310. The van der Waals surface area contributed by atoms with E-state index in [9.17, 15) is 12.8 Å². The number of thioether (sulfide) groups is 1. The molecule has 0 atom stereocenters. The molecule has 0 unspecified atom stereocenters. The lowest BCUT2D eigenvalue weighted by Gasteiger charge is -2.20. The van der Waals surface area contributed by atoms with E-state index in [-0.39, 0.29) is 15.1 Å². The Labute approximate surface area is 124 Å². The van der Waals surface area contributed by atoms with Gasteiger partial charge in [0.2, 0.25) is 10.0 Å². The second kappa shape index (κ2) is 5.99.